The minimum absolute atomic E-state index is 0.201. The zero-order chi connectivity index (χ0) is 32.4. The van der Waals surface area contributed by atoms with Crippen LogP contribution in [0.1, 0.15) is 123 Å². The molecule has 7 unspecified atom stereocenters. The molecule has 9 heteroatoms. The first kappa shape index (κ1) is 40.4. The predicted octanol–water partition coefficient (Wildman–Crippen LogP) is 4.99. The smallest absolute Gasteiger partial charge is 0.220 e. The fourth-order valence-electron chi connectivity index (χ4n) is 5.07. The lowest BCUT2D eigenvalue weighted by molar-refractivity contribution is -0.302. The van der Waals surface area contributed by atoms with Crippen molar-refractivity contribution in [2.75, 3.05) is 13.2 Å². The van der Waals surface area contributed by atoms with E-state index in [4.69, 9.17) is 9.47 Å². The van der Waals surface area contributed by atoms with Crippen LogP contribution in [0.25, 0.3) is 0 Å². The molecule has 0 radical (unpaired) electrons. The third-order valence-corrected chi connectivity index (χ3v) is 7.95. The second kappa shape index (κ2) is 26.6. The number of aliphatic hydroxyl groups is 5. The largest absolute Gasteiger partial charge is 0.394 e. The van der Waals surface area contributed by atoms with Crippen molar-refractivity contribution >= 4 is 5.91 Å². The summed E-state index contributed by atoms with van der Waals surface area (Å²) in [5.74, 6) is -0.201. The molecule has 0 aliphatic carbocycles. The summed E-state index contributed by atoms with van der Waals surface area (Å²) in [6.45, 7) is 3.63. The lowest BCUT2D eigenvalue weighted by Gasteiger charge is -2.40. The van der Waals surface area contributed by atoms with Crippen LogP contribution in [0.2, 0.25) is 0 Å². The number of nitrogens with one attached hydrogen (secondary N) is 1. The van der Waals surface area contributed by atoms with Gasteiger partial charge in [0.2, 0.25) is 5.91 Å². The number of carbonyl (C=O) groups is 1. The molecule has 7 atom stereocenters. The van der Waals surface area contributed by atoms with Crippen LogP contribution >= 0.6 is 0 Å². The van der Waals surface area contributed by atoms with Crippen molar-refractivity contribution in [2.45, 2.75) is 166 Å². The first-order valence-corrected chi connectivity index (χ1v) is 17.2. The van der Waals surface area contributed by atoms with E-state index in [-0.39, 0.29) is 12.5 Å². The van der Waals surface area contributed by atoms with E-state index in [2.05, 4.69) is 43.5 Å². The number of unbranched alkanes of at least 4 members (excludes halogenated alkanes) is 12. The Morgan fingerprint density at radius 2 is 1.30 bits per heavy atom. The van der Waals surface area contributed by atoms with E-state index in [0.29, 0.717) is 6.42 Å². The van der Waals surface area contributed by atoms with Gasteiger partial charge in [-0.1, -0.05) is 108 Å². The van der Waals surface area contributed by atoms with Crippen LogP contribution in [-0.4, -0.2) is 87.5 Å². The fraction of sp³-hybridized carbons (Fsp3) is 0.800. The Balaban J connectivity index is 2.57. The Kier molecular flexibility index (Phi) is 24.5. The van der Waals surface area contributed by atoms with Crippen molar-refractivity contribution in [1.29, 1.82) is 0 Å². The summed E-state index contributed by atoms with van der Waals surface area (Å²) in [5.41, 5.74) is 0. The molecule has 0 saturated carbocycles. The van der Waals surface area contributed by atoms with Crippen LogP contribution in [0.3, 0.4) is 0 Å². The second-order valence-electron chi connectivity index (χ2n) is 11.9. The summed E-state index contributed by atoms with van der Waals surface area (Å²) in [6, 6.07) is -0.820. The Labute approximate surface area is 266 Å². The Morgan fingerprint density at radius 3 is 1.91 bits per heavy atom. The van der Waals surface area contributed by atoms with Crippen LogP contribution in [0.15, 0.2) is 36.5 Å². The van der Waals surface area contributed by atoms with Gasteiger partial charge in [0, 0.05) is 6.42 Å². The van der Waals surface area contributed by atoms with Gasteiger partial charge in [-0.25, -0.2) is 0 Å². The van der Waals surface area contributed by atoms with E-state index < -0.39 is 49.5 Å². The minimum atomic E-state index is -1.57. The molecule has 1 fully saturated rings. The quantitative estimate of drug-likeness (QED) is 0.0582. The SMILES string of the molecule is CCCCC/C=C/CC/C=C/CC/C=C/C(O)C(COC1OC(CO)C(O)C(O)C1O)NC(=O)CCCCCCCCCC. The summed E-state index contributed by atoms with van der Waals surface area (Å²) >= 11 is 0. The van der Waals surface area contributed by atoms with E-state index in [1.165, 1.54) is 51.4 Å². The molecule has 0 aromatic carbocycles. The molecule has 0 bridgehead atoms. The molecule has 9 nitrogen and oxygen atoms in total. The number of hydrogen-bond acceptors (Lipinski definition) is 8. The molecule has 6 N–H and O–H groups in total. The van der Waals surface area contributed by atoms with Gasteiger partial charge in [0.15, 0.2) is 6.29 Å². The first-order valence-electron chi connectivity index (χ1n) is 17.2. The predicted molar refractivity (Wildman–Crippen MR) is 175 cm³/mol. The van der Waals surface area contributed by atoms with Gasteiger partial charge in [-0.3, -0.25) is 4.79 Å². The number of amides is 1. The highest BCUT2D eigenvalue weighted by Crippen LogP contribution is 2.22. The number of rotatable bonds is 26. The maximum absolute atomic E-state index is 12.7. The molecule has 1 amide bonds. The molecule has 1 rings (SSSR count). The lowest BCUT2D eigenvalue weighted by atomic mass is 9.99. The highest BCUT2D eigenvalue weighted by atomic mass is 16.7. The van der Waals surface area contributed by atoms with Crippen LogP contribution < -0.4 is 5.32 Å². The van der Waals surface area contributed by atoms with Gasteiger partial charge in [-0.2, -0.15) is 0 Å². The van der Waals surface area contributed by atoms with Crippen LogP contribution in [0.5, 0.6) is 0 Å². The van der Waals surface area contributed by atoms with Crippen molar-refractivity contribution < 1.29 is 39.8 Å². The zero-order valence-corrected chi connectivity index (χ0v) is 27.4. The summed E-state index contributed by atoms with van der Waals surface area (Å²) in [5, 5.41) is 53.6. The standard InChI is InChI=1S/C35H63NO8/c1-3-5-7-9-11-13-14-15-16-17-18-20-22-24-29(38)28(36-31(39)25-23-21-19-12-10-8-6-4-2)27-43-35-34(42)33(41)32(40)30(26-37)44-35/h11,13,16-17,22,24,28-30,32-35,37-38,40-42H,3-10,12,14-15,18-21,23,25-27H2,1-2H3,(H,36,39)/b13-11+,17-16+,24-22+. The van der Waals surface area contributed by atoms with Gasteiger partial charge < -0.3 is 40.3 Å². The zero-order valence-electron chi connectivity index (χ0n) is 27.4. The minimum Gasteiger partial charge on any atom is -0.394 e. The number of allylic oxidation sites excluding steroid dienone is 5. The topological polar surface area (TPSA) is 149 Å². The van der Waals surface area contributed by atoms with Crippen molar-refractivity contribution in [3.63, 3.8) is 0 Å². The maximum Gasteiger partial charge on any atom is 0.220 e. The molecule has 256 valence electrons. The van der Waals surface area contributed by atoms with Crippen molar-refractivity contribution in [2.24, 2.45) is 0 Å². The second-order valence-corrected chi connectivity index (χ2v) is 11.9. The van der Waals surface area contributed by atoms with Crippen LogP contribution in [-0.2, 0) is 14.3 Å². The lowest BCUT2D eigenvalue weighted by Crippen LogP contribution is -2.60. The highest BCUT2D eigenvalue weighted by molar-refractivity contribution is 5.76. The Morgan fingerprint density at radius 1 is 0.750 bits per heavy atom. The van der Waals surface area contributed by atoms with E-state index in [0.717, 1.165) is 51.4 Å². The van der Waals surface area contributed by atoms with Gasteiger partial charge in [0.25, 0.3) is 0 Å². The fourth-order valence-corrected chi connectivity index (χ4v) is 5.07. The number of ether oxygens (including phenoxy) is 2. The molecule has 0 aromatic rings. The molecule has 1 heterocycles. The van der Waals surface area contributed by atoms with E-state index >= 15 is 0 Å². The number of carbonyl (C=O) groups excluding carboxylic acids is 1. The van der Waals surface area contributed by atoms with Gasteiger partial charge in [-0.15, -0.1) is 0 Å². The molecule has 0 aromatic heterocycles. The molecular weight excluding hydrogens is 562 g/mol. The number of aliphatic hydroxyl groups excluding tert-OH is 5. The Hall–Kier alpha value is -1.59. The van der Waals surface area contributed by atoms with Crippen LogP contribution in [0, 0.1) is 0 Å². The average molecular weight is 626 g/mol. The normalized spacial score (nSPS) is 24.0. The maximum atomic E-state index is 12.7. The highest BCUT2D eigenvalue weighted by Gasteiger charge is 2.44. The van der Waals surface area contributed by atoms with Gasteiger partial charge in [0.1, 0.15) is 24.4 Å². The van der Waals surface area contributed by atoms with Gasteiger partial charge in [0.05, 0.1) is 25.4 Å². The molecule has 1 saturated heterocycles. The first-order chi connectivity index (χ1) is 21.3. The van der Waals surface area contributed by atoms with Gasteiger partial charge >= 0.3 is 0 Å². The third kappa shape index (κ3) is 18.4. The van der Waals surface area contributed by atoms with E-state index in [9.17, 15) is 30.3 Å². The van der Waals surface area contributed by atoms with E-state index in [1.54, 1.807) is 6.08 Å². The molecule has 0 spiro atoms. The third-order valence-electron chi connectivity index (χ3n) is 7.95. The Bertz CT molecular complexity index is 787. The molecule has 1 aliphatic rings. The molecular formula is C35H63NO8. The molecule has 44 heavy (non-hydrogen) atoms. The average Bonchev–Trinajstić information content (AvgIpc) is 3.02. The molecule has 1 aliphatic heterocycles. The summed E-state index contributed by atoms with van der Waals surface area (Å²) < 4.78 is 11.1. The van der Waals surface area contributed by atoms with Gasteiger partial charge in [-0.05, 0) is 44.9 Å². The summed E-state index contributed by atoms with van der Waals surface area (Å²) in [4.78, 5) is 12.7. The van der Waals surface area contributed by atoms with E-state index in [1.807, 2.05) is 6.08 Å². The van der Waals surface area contributed by atoms with Crippen molar-refractivity contribution in [3.8, 4) is 0 Å². The number of hydrogen-bond donors (Lipinski definition) is 6. The van der Waals surface area contributed by atoms with Crippen LogP contribution in [0.4, 0.5) is 0 Å². The summed E-state index contributed by atoms with van der Waals surface area (Å²) in [6.07, 6.45) is 22.0. The van der Waals surface area contributed by atoms with Crippen molar-refractivity contribution in [3.05, 3.63) is 36.5 Å². The summed E-state index contributed by atoms with van der Waals surface area (Å²) in [7, 11) is 0. The van der Waals surface area contributed by atoms with Crippen molar-refractivity contribution in [1.82, 2.24) is 5.32 Å². The monoisotopic (exact) mass is 625 g/mol.